The van der Waals surface area contributed by atoms with Gasteiger partial charge in [0.2, 0.25) is 0 Å². The van der Waals surface area contributed by atoms with Crippen molar-refractivity contribution < 1.29 is 17.9 Å². The van der Waals surface area contributed by atoms with E-state index in [0.29, 0.717) is 5.56 Å². The van der Waals surface area contributed by atoms with Crippen molar-refractivity contribution in [1.82, 2.24) is 0 Å². The molecule has 0 saturated carbocycles. The summed E-state index contributed by atoms with van der Waals surface area (Å²) >= 11 is -0.346. The average molecular weight is 459 g/mol. The third-order valence-electron chi connectivity index (χ3n) is 4.16. The zero-order valence-corrected chi connectivity index (χ0v) is 17.8. The minimum absolute atomic E-state index is 0.143. The molecule has 0 amide bonds. The molecule has 0 aliphatic rings. The van der Waals surface area contributed by atoms with Gasteiger partial charge in [0.25, 0.3) is 0 Å². The quantitative estimate of drug-likeness (QED) is 0.384. The van der Waals surface area contributed by atoms with Crippen LogP contribution in [0.5, 0.6) is 5.75 Å². The van der Waals surface area contributed by atoms with Crippen LogP contribution in [0.1, 0.15) is 10.4 Å². The Hall–Kier alpha value is -2.40. The first-order chi connectivity index (χ1) is 13.5. The summed E-state index contributed by atoms with van der Waals surface area (Å²) in [6.45, 7) is 0. The standard InChI is InChI=1S/C22H20O4SSe/c1-26-18-12-14-20(15-13-18)28-21(22(23)17-8-4-2-5-9-17)16-27(24,25)19-10-6-3-7-11-19/h2-15,21H,16H2,1H3. The SMILES string of the molecule is COc1ccc([Se]C(CS(=O)(=O)c2ccccc2)C(=O)c2ccccc2)cc1. The summed E-state index contributed by atoms with van der Waals surface area (Å²) in [5, 5.41) is 0. The molecule has 0 saturated heterocycles. The van der Waals surface area contributed by atoms with Crippen molar-refractivity contribution in [2.75, 3.05) is 12.9 Å². The monoisotopic (exact) mass is 460 g/mol. The molecule has 0 aromatic heterocycles. The van der Waals surface area contributed by atoms with Crippen LogP contribution in [-0.4, -0.2) is 42.0 Å². The summed E-state index contributed by atoms with van der Waals surface area (Å²) in [5.41, 5.74) is 0.533. The van der Waals surface area contributed by atoms with Crippen LogP contribution < -0.4 is 9.20 Å². The van der Waals surface area contributed by atoms with E-state index in [1.165, 1.54) is 0 Å². The molecule has 3 rings (SSSR count). The van der Waals surface area contributed by atoms with Gasteiger partial charge in [0.1, 0.15) is 0 Å². The van der Waals surface area contributed by atoms with Gasteiger partial charge in [0, 0.05) is 0 Å². The predicted molar refractivity (Wildman–Crippen MR) is 111 cm³/mol. The second-order valence-corrected chi connectivity index (χ2v) is 10.8. The molecule has 0 bridgehead atoms. The van der Waals surface area contributed by atoms with Crippen molar-refractivity contribution >= 4 is 35.0 Å². The number of methoxy groups -OCH3 is 1. The number of benzene rings is 3. The summed E-state index contributed by atoms with van der Waals surface area (Å²) in [6, 6.07) is 24.6. The second-order valence-electron chi connectivity index (χ2n) is 6.11. The van der Waals surface area contributed by atoms with Crippen LogP contribution >= 0.6 is 0 Å². The van der Waals surface area contributed by atoms with Crippen LogP contribution in [0, 0.1) is 0 Å². The van der Waals surface area contributed by atoms with Gasteiger partial charge in [-0.3, -0.25) is 0 Å². The molecule has 0 N–H and O–H groups in total. The second kappa shape index (κ2) is 9.20. The Morgan fingerprint density at radius 2 is 1.46 bits per heavy atom. The van der Waals surface area contributed by atoms with E-state index in [1.54, 1.807) is 61.7 Å². The van der Waals surface area contributed by atoms with Gasteiger partial charge in [-0.05, 0) is 0 Å². The summed E-state index contributed by atoms with van der Waals surface area (Å²) in [5.74, 6) is 0.370. The first-order valence-corrected chi connectivity index (χ1v) is 12.2. The topological polar surface area (TPSA) is 60.4 Å². The van der Waals surface area contributed by atoms with E-state index in [2.05, 4.69) is 0 Å². The molecule has 0 spiro atoms. The van der Waals surface area contributed by atoms with E-state index in [-0.39, 0.29) is 31.4 Å². The molecular formula is C22H20O4SSe. The molecule has 4 nitrogen and oxygen atoms in total. The summed E-state index contributed by atoms with van der Waals surface area (Å²) in [7, 11) is -1.98. The van der Waals surface area contributed by atoms with Gasteiger partial charge in [-0.1, -0.05) is 0 Å². The first kappa shape index (κ1) is 20.3. The molecule has 3 aromatic carbocycles. The van der Waals surface area contributed by atoms with Crippen molar-refractivity contribution in [1.29, 1.82) is 0 Å². The van der Waals surface area contributed by atoms with E-state index in [9.17, 15) is 13.2 Å². The number of Topliss-reactive ketones (excluding diaryl/α,β-unsaturated/α-hetero) is 1. The Morgan fingerprint density at radius 3 is 2.04 bits per heavy atom. The number of ether oxygens (including phenoxy) is 1. The Kier molecular flexibility index (Phi) is 6.68. The normalized spacial score (nSPS) is 12.3. The van der Waals surface area contributed by atoms with Crippen molar-refractivity contribution in [2.45, 2.75) is 9.71 Å². The maximum atomic E-state index is 13.1. The fourth-order valence-corrected chi connectivity index (χ4v) is 7.45. The van der Waals surface area contributed by atoms with Crippen molar-refractivity contribution in [2.24, 2.45) is 0 Å². The molecule has 0 radical (unpaired) electrons. The number of carbonyl (C=O) groups is 1. The fourth-order valence-electron chi connectivity index (χ4n) is 2.69. The van der Waals surface area contributed by atoms with E-state index in [1.807, 2.05) is 30.3 Å². The van der Waals surface area contributed by atoms with Crippen molar-refractivity contribution in [3.63, 3.8) is 0 Å². The Morgan fingerprint density at radius 1 is 0.893 bits per heavy atom. The number of ketones is 1. The molecule has 1 unspecified atom stereocenters. The molecule has 0 aliphatic carbocycles. The van der Waals surface area contributed by atoms with Crippen LogP contribution in [0.25, 0.3) is 0 Å². The average Bonchev–Trinajstić information content (AvgIpc) is 2.74. The number of hydrogen-bond donors (Lipinski definition) is 0. The molecule has 3 aromatic rings. The zero-order chi connectivity index (χ0) is 20.0. The fraction of sp³-hybridized carbons (Fsp3) is 0.136. The molecule has 0 fully saturated rings. The van der Waals surface area contributed by atoms with Crippen LogP contribution in [0.15, 0.2) is 89.8 Å². The van der Waals surface area contributed by atoms with Crippen molar-refractivity contribution in [3.8, 4) is 5.75 Å². The summed E-state index contributed by atoms with van der Waals surface area (Å²) in [6.07, 6.45) is 0. The molecule has 6 heteroatoms. The number of hydrogen-bond acceptors (Lipinski definition) is 4. The Labute approximate surface area is 171 Å². The van der Waals surface area contributed by atoms with Crippen LogP contribution in [-0.2, 0) is 9.84 Å². The third kappa shape index (κ3) is 5.10. The van der Waals surface area contributed by atoms with Crippen LogP contribution in [0.2, 0.25) is 4.82 Å². The van der Waals surface area contributed by atoms with Crippen LogP contribution in [0.4, 0.5) is 0 Å². The van der Waals surface area contributed by atoms with E-state index in [0.717, 1.165) is 10.2 Å². The molecule has 0 heterocycles. The van der Waals surface area contributed by atoms with E-state index < -0.39 is 14.7 Å². The molecular weight excluding hydrogens is 439 g/mol. The Balaban J connectivity index is 1.90. The zero-order valence-electron chi connectivity index (χ0n) is 15.3. The molecule has 1 atom stereocenters. The van der Waals surface area contributed by atoms with E-state index in [4.69, 9.17) is 4.74 Å². The Bertz CT molecular complexity index is 1020. The maximum absolute atomic E-state index is 13.1. The summed E-state index contributed by atoms with van der Waals surface area (Å²) < 4.78 is 31.9. The van der Waals surface area contributed by atoms with Gasteiger partial charge in [0.05, 0.1) is 0 Å². The van der Waals surface area contributed by atoms with Gasteiger partial charge < -0.3 is 0 Å². The minimum atomic E-state index is -3.58. The van der Waals surface area contributed by atoms with E-state index >= 15 is 0 Å². The molecule has 144 valence electrons. The third-order valence-corrected chi connectivity index (χ3v) is 8.94. The molecule has 0 aliphatic heterocycles. The van der Waals surface area contributed by atoms with Gasteiger partial charge in [-0.15, -0.1) is 0 Å². The van der Waals surface area contributed by atoms with Gasteiger partial charge in [-0.2, -0.15) is 0 Å². The van der Waals surface area contributed by atoms with Gasteiger partial charge in [0.15, 0.2) is 0 Å². The molecule has 28 heavy (non-hydrogen) atoms. The van der Waals surface area contributed by atoms with Gasteiger partial charge in [-0.25, -0.2) is 0 Å². The van der Waals surface area contributed by atoms with Crippen LogP contribution in [0.3, 0.4) is 0 Å². The first-order valence-electron chi connectivity index (χ1n) is 8.67. The van der Waals surface area contributed by atoms with Gasteiger partial charge >= 0.3 is 172 Å². The summed E-state index contributed by atoms with van der Waals surface area (Å²) in [4.78, 5) is 12.7. The van der Waals surface area contributed by atoms with Crippen molar-refractivity contribution in [3.05, 3.63) is 90.5 Å². The number of rotatable bonds is 8. The predicted octanol–water partition coefficient (Wildman–Crippen LogP) is 3.17. The number of carbonyl (C=O) groups excluding carboxylic acids is 1. The number of sulfone groups is 1.